The predicted molar refractivity (Wildman–Crippen MR) is 63.4 cm³/mol. The van der Waals surface area contributed by atoms with Crippen LogP contribution < -0.4 is 0 Å². The molecule has 1 atom stereocenters. The van der Waals surface area contributed by atoms with Gasteiger partial charge < -0.3 is 14.2 Å². The summed E-state index contributed by atoms with van der Waals surface area (Å²) < 4.78 is 84.6. The van der Waals surface area contributed by atoms with E-state index in [4.69, 9.17) is 4.74 Å². The minimum atomic E-state index is -5.44. The Labute approximate surface area is 132 Å². The number of carbonyl (C=O) groups excluding carboxylic acids is 3. The van der Waals surface area contributed by atoms with Crippen LogP contribution in [0.4, 0.5) is 26.3 Å². The van der Waals surface area contributed by atoms with Crippen molar-refractivity contribution in [2.45, 2.75) is 51.2 Å². The summed E-state index contributed by atoms with van der Waals surface area (Å²) in [6.45, 7) is 2.86. The van der Waals surface area contributed by atoms with E-state index in [9.17, 15) is 40.7 Å². The first-order valence-corrected chi connectivity index (χ1v) is 6.26. The van der Waals surface area contributed by atoms with Crippen LogP contribution in [0.25, 0.3) is 0 Å². The van der Waals surface area contributed by atoms with Crippen molar-refractivity contribution in [3.05, 3.63) is 0 Å². The molecule has 24 heavy (non-hydrogen) atoms. The van der Waals surface area contributed by atoms with Crippen LogP contribution in [0, 0.1) is 0 Å². The Morgan fingerprint density at radius 1 is 0.875 bits per heavy atom. The van der Waals surface area contributed by atoms with E-state index in [1.165, 1.54) is 20.8 Å². The molecule has 0 saturated heterocycles. The van der Waals surface area contributed by atoms with Crippen molar-refractivity contribution >= 4 is 17.9 Å². The molecule has 0 aromatic heterocycles. The molecule has 0 fully saturated rings. The van der Waals surface area contributed by atoms with Crippen molar-refractivity contribution in [2.24, 2.45) is 0 Å². The van der Waals surface area contributed by atoms with Crippen LogP contribution in [0.3, 0.4) is 0 Å². The molecule has 140 valence electrons. The minimum absolute atomic E-state index is 1.04. The molecule has 0 amide bonds. The third kappa shape index (κ3) is 9.20. The predicted octanol–water partition coefficient (Wildman–Crippen LogP) is 2.30. The second kappa shape index (κ2) is 7.71. The van der Waals surface area contributed by atoms with E-state index in [1.54, 1.807) is 0 Å². The van der Waals surface area contributed by atoms with Gasteiger partial charge in [0.25, 0.3) is 0 Å². The number of esters is 3. The van der Waals surface area contributed by atoms with E-state index in [2.05, 4.69) is 9.47 Å². The highest BCUT2D eigenvalue weighted by Crippen LogP contribution is 2.21. The third-order valence-corrected chi connectivity index (χ3v) is 1.95. The van der Waals surface area contributed by atoms with Crippen LogP contribution in [-0.2, 0) is 28.6 Å². The average molecular weight is 368 g/mol. The molecule has 6 nitrogen and oxygen atoms in total. The molecule has 0 heterocycles. The molecule has 0 radical (unpaired) electrons. The Bertz CT molecular complexity index is 476. The Hall–Kier alpha value is -2.01. The average Bonchev–Trinajstić information content (AvgIpc) is 2.30. The lowest BCUT2D eigenvalue weighted by atomic mass is 10.2. The lowest BCUT2D eigenvalue weighted by Crippen LogP contribution is -2.37. The Morgan fingerprint density at radius 3 is 1.71 bits per heavy atom. The van der Waals surface area contributed by atoms with Gasteiger partial charge in [-0.15, -0.1) is 0 Å². The normalized spacial score (nSPS) is 13.9. The molecule has 0 aliphatic rings. The molecule has 0 rings (SSSR count). The van der Waals surface area contributed by atoms with Crippen molar-refractivity contribution in [3.63, 3.8) is 0 Å². The van der Waals surface area contributed by atoms with Crippen molar-refractivity contribution < 1.29 is 54.9 Å². The van der Waals surface area contributed by atoms with Crippen LogP contribution in [-0.4, -0.2) is 48.6 Å². The largest absolute Gasteiger partial charge is 0.490 e. The summed E-state index contributed by atoms with van der Waals surface area (Å²) in [6, 6.07) is 0. The number of hydrogen-bond donors (Lipinski definition) is 0. The van der Waals surface area contributed by atoms with Crippen LogP contribution in [0.15, 0.2) is 0 Å². The summed E-state index contributed by atoms with van der Waals surface area (Å²) in [5.41, 5.74) is -1.04. The fourth-order valence-corrected chi connectivity index (χ4v) is 1.17. The van der Waals surface area contributed by atoms with Gasteiger partial charge >= 0.3 is 30.3 Å². The van der Waals surface area contributed by atoms with Gasteiger partial charge in [0.1, 0.15) is 18.3 Å². The maximum atomic E-state index is 12.1. The van der Waals surface area contributed by atoms with Crippen LogP contribution in [0.1, 0.15) is 27.2 Å². The van der Waals surface area contributed by atoms with Gasteiger partial charge in [0.2, 0.25) is 0 Å². The maximum absolute atomic E-state index is 12.1. The molecule has 0 saturated carbocycles. The van der Waals surface area contributed by atoms with Crippen LogP contribution in [0.5, 0.6) is 0 Å². The van der Waals surface area contributed by atoms with Gasteiger partial charge in [-0.05, 0) is 20.8 Å². The van der Waals surface area contributed by atoms with E-state index >= 15 is 0 Å². The molecule has 0 aliphatic carbocycles. The molecule has 0 bridgehead atoms. The van der Waals surface area contributed by atoms with Gasteiger partial charge in [0.15, 0.2) is 0 Å². The summed E-state index contributed by atoms with van der Waals surface area (Å²) >= 11 is 0. The van der Waals surface area contributed by atoms with Gasteiger partial charge in [0.05, 0.1) is 6.42 Å². The Kier molecular flexibility index (Phi) is 7.06. The zero-order valence-corrected chi connectivity index (χ0v) is 12.7. The fourth-order valence-electron chi connectivity index (χ4n) is 1.17. The first kappa shape index (κ1) is 22.0. The molecular formula is C12H14F6O6. The quantitative estimate of drug-likeness (QED) is 0.421. The standard InChI is InChI=1S/C12H14F6O6/c1-10(2,3)24-7(19)4-6(23-9(21)12(16,17)18)5-22-8(20)11(13,14)15/h6H,4-5H2,1-3H3. The lowest BCUT2D eigenvalue weighted by Gasteiger charge is -2.22. The third-order valence-electron chi connectivity index (χ3n) is 1.95. The molecule has 12 heteroatoms. The van der Waals surface area contributed by atoms with Crippen molar-refractivity contribution in [2.75, 3.05) is 6.61 Å². The van der Waals surface area contributed by atoms with E-state index in [0.717, 1.165) is 0 Å². The summed E-state index contributed by atoms with van der Waals surface area (Å²) in [4.78, 5) is 32.7. The number of halogens is 6. The number of rotatable bonds is 5. The maximum Gasteiger partial charge on any atom is 0.490 e. The smallest absolute Gasteiger partial charge is 0.460 e. The van der Waals surface area contributed by atoms with E-state index in [-0.39, 0.29) is 0 Å². The van der Waals surface area contributed by atoms with Crippen molar-refractivity contribution in [1.82, 2.24) is 0 Å². The first-order chi connectivity index (χ1) is 10.5. The molecule has 0 spiro atoms. The van der Waals surface area contributed by atoms with E-state index < -0.39 is 55.0 Å². The number of ether oxygens (including phenoxy) is 3. The highest BCUT2D eigenvalue weighted by Gasteiger charge is 2.44. The number of alkyl halides is 6. The molecule has 0 aromatic carbocycles. The van der Waals surface area contributed by atoms with Crippen LogP contribution in [0.2, 0.25) is 0 Å². The number of carbonyl (C=O) groups is 3. The summed E-state index contributed by atoms with van der Waals surface area (Å²) in [5, 5.41) is 0. The second-order valence-corrected chi connectivity index (χ2v) is 5.41. The summed E-state index contributed by atoms with van der Waals surface area (Å²) in [6.07, 6.45) is -14.0. The topological polar surface area (TPSA) is 78.9 Å². The van der Waals surface area contributed by atoms with Gasteiger partial charge in [-0.3, -0.25) is 4.79 Å². The van der Waals surface area contributed by atoms with Crippen LogP contribution >= 0.6 is 0 Å². The van der Waals surface area contributed by atoms with E-state index in [0.29, 0.717) is 0 Å². The fraction of sp³-hybridized carbons (Fsp3) is 0.750. The zero-order chi connectivity index (χ0) is 19.3. The summed E-state index contributed by atoms with van der Waals surface area (Å²) in [7, 11) is 0. The monoisotopic (exact) mass is 368 g/mol. The molecule has 0 aliphatic heterocycles. The second-order valence-electron chi connectivity index (χ2n) is 5.41. The first-order valence-electron chi connectivity index (χ1n) is 6.26. The van der Waals surface area contributed by atoms with Crippen molar-refractivity contribution in [1.29, 1.82) is 0 Å². The molecule has 0 N–H and O–H groups in total. The lowest BCUT2D eigenvalue weighted by molar-refractivity contribution is -0.214. The van der Waals surface area contributed by atoms with Gasteiger partial charge in [-0.2, -0.15) is 26.3 Å². The Morgan fingerprint density at radius 2 is 1.33 bits per heavy atom. The summed E-state index contributed by atoms with van der Waals surface area (Å²) in [5.74, 6) is -6.62. The van der Waals surface area contributed by atoms with Gasteiger partial charge in [-0.1, -0.05) is 0 Å². The van der Waals surface area contributed by atoms with Crippen molar-refractivity contribution in [3.8, 4) is 0 Å². The van der Waals surface area contributed by atoms with Gasteiger partial charge in [0, 0.05) is 0 Å². The number of hydrogen-bond acceptors (Lipinski definition) is 6. The minimum Gasteiger partial charge on any atom is -0.460 e. The van der Waals surface area contributed by atoms with Gasteiger partial charge in [-0.25, -0.2) is 9.59 Å². The SMILES string of the molecule is CC(C)(C)OC(=O)CC(COC(=O)C(F)(F)F)OC(=O)C(F)(F)F. The molecule has 0 aromatic rings. The molecule has 1 unspecified atom stereocenters. The Balaban J connectivity index is 4.93. The molecular weight excluding hydrogens is 354 g/mol. The zero-order valence-electron chi connectivity index (χ0n) is 12.7. The highest BCUT2D eigenvalue weighted by atomic mass is 19.4. The van der Waals surface area contributed by atoms with E-state index in [1.807, 2.05) is 0 Å². The highest BCUT2D eigenvalue weighted by molar-refractivity contribution is 5.77.